The van der Waals surface area contributed by atoms with Crippen LogP contribution >= 0.6 is 0 Å². The van der Waals surface area contributed by atoms with Crippen molar-refractivity contribution in [2.75, 3.05) is 4.72 Å². The Labute approximate surface area is 214 Å². The highest BCUT2D eigenvalue weighted by molar-refractivity contribution is 7.92. The normalized spacial score (nSPS) is 19.6. The number of carbonyl (C=O) groups excluding carboxylic acids is 1. The molecule has 0 radical (unpaired) electrons. The molecule has 1 aliphatic heterocycles. The van der Waals surface area contributed by atoms with Gasteiger partial charge in [0.25, 0.3) is 15.9 Å². The minimum atomic E-state index is -4.08. The van der Waals surface area contributed by atoms with Crippen LogP contribution in [0.15, 0.2) is 77.7 Å². The Morgan fingerprint density at radius 3 is 2.49 bits per heavy atom. The van der Waals surface area contributed by atoms with Gasteiger partial charge < -0.3 is 10.1 Å². The van der Waals surface area contributed by atoms with Crippen LogP contribution in [0.1, 0.15) is 38.7 Å². The number of nitrogens with zero attached hydrogens (tertiary/aromatic N) is 2. The summed E-state index contributed by atoms with van der Waals surface area (Å²) in [7, 11) is -4.08. The number of ether oxygens (including phenoxy) is 1. The standard InChI is InChI=1S/C28H24N4O4S/c1-16-7-5-8-17(2)25(16)22-15-24-30-28(29-22)32-37(34,35)20-11-6-10-19(13-20)27(33)31-26-21-12-4-3-9-18(21)14-23(26)36-24/h3-13,15,23,26H,14H2,1-2H3,(H,31,33)(H,29,30,32). The second kappa shape index (κ2) is 8.70. The van der Waals surface area contributed by atoms with E-state index in [1.807, 2.05) is 56.3 Å². The van der Waals surface area contributed by atoms with Gasteiger partial charge in [-0.25, -0.2) is 18.1 Å². The molecule has 0 fully saturated rings. The van der Waals surface area contributed by atoms with Crippen LogP contribution in [-0.4, -0.2) is 30.4 Å². The minimum absolute atomic E-state index is 0.0636. The zero-order chi connectivity index (χ0) is 25.7. The summed E-state index contributed by atoms with van der Waals surface area (Å²) in [4.78, 5) is 22.2. The van der Waals surface area contributed by atoms with Crippen molar-refractivity contribution in [1.29, 1.82) is 0 Å². The molecule has 4 aromatic rings. The Bertz CT molecular complexity index is 1650. The molecule has 1 amide bonds. The van der Waals surface area contributed by atoms with Gasteiger partial charge in [-0.1, -0.05) is 48.5 Å². The number of nitrogens with one attached hydrogen (secondary N) is 2. The molecule has 1 aliphatic carbocycles. The molecule has 1 aromatic heterocycles. The van der Waals surface area contributed by atoms with Gasteiger partial charge in [-0.05, 0) is 54.3 Å². The Morgan fingerprint density at radius 1 is 0.919 bits per heavy atom. The Kier molecular flexibility index (Phi) is 5.45. The lowest BCUT2D eigenvalue weighted by Gasteiger charge is -2.23. The van der Waals surface area contributed by atoms with Crippen molar-refractivity contribution >= 4 is 21.9 Å². The molecule has 37 heavy (non-hydrogen) atoms. The first-order chi connectivity index (χ1) is 17.8. The Balaban J connectivity index is 1.54. The highest BCUT2D eigenvalue weighted by atomic mass is 32.2. The van der Waals surface area contributed by atoms with E-state index in [0.717, 1.165) is 27.8 Å². The van der Waals surface area contributed by atoms with Crippen molar-refractivity contribution in [3.05, 3.63) is 101 Å². The fourth-order valence-electron chi connectivity index (χ4n) is 5.08. The smallest absolute Gasteiger partial charge is 0.264 e. The number of rotatable bonds is 1. The van der Waals surface area contributed by atoms with E-state index in [1.165, 1.54) is 12.1 Å². The first kappa shape index (κ1) is 23.2. The minimum Gasteiger partial charge on any atom is -0.471 e. The fraction of sp³-hybridized carbons (Fsp3) is 0.179. The zero-order valence-electron chi connectivity index (χ0n) is 20.2. The number of hydrogen-bond donors (Lipinski definition) is 2. The molecule has 8 nitrogen and oxygen atoms in total. The fourth-order valence-corrected chi connectivity index (χ4v) is 6.07. The summed E-state index contributed by atoms with van der Waals surface area (Å²) in [6.45, 7) is 3.95. The average Bonchev–Trinajstić information content (AvgIpc) is 3.20. The molecule has 186 valence electrons. The van der Waals surface area contributed by atoms with Crippen LogP contribution < -0.4 is 14.8 Å². The lowest BCUT2D eigenvalue weighted by molar-refractivity contribution is 0.0879. The van der Waals surface area contributed by atoms with Crippen LogP contribution in [0.2, 0.25) is 0 Å². The van der Waals surface area contributed by atoms with Crippen LogP contribution in [0.5, 0.6) is 5.88 Å². The predicted molar refractivity (Wildman–Crippen MR) is 139 cm³/mol. The van der Waals surface area contributed by atoms with E-state index < -0.39 is 22.2 Å². The number of amides is 1. The van der Waals surface area contributed by atoms with Gasteiger partial charge in [-0.2, -0.15) is 4.98 Å². The maximum absolute atomic E-state index is 13.3. The van der Waals surface area contributed by atoms with E-state index in [2.05, 4.69) is 20.0 Å². The molecule has 2 N–H and O–H groups in total. The second-order valence-corrected chi connectivity index (χ2v) is 11.0. The monoisotopic (exact) mass is 512 g/mol. The summed E-state index contributed by atoms with van der Waals surface area (Å²) in [5.41, 5.74) is 5.66. The van der Waals surface area contributed by atoms with E-state index in [9.17, 15) is 13.2 Å². The molecule has 9 heteroatoms. The predicted octanol–water partition coefficient (Wildman–Crippen LogP) is 4.35. The van der Waals surface area contributed by atoms with Gasteiger partial charge in [0.05, 0.1) is 16.6 Å². The Hall–Kier alpha value is -4.24. The SMILES string of the molecule is Cc1cccc(C)c1-c1cc2nc(n1)NS(=O)(=O)c1cccc(c1)C(=O)NC1c3ccccc3CC1O2. The number of carbonyl (C=O) groups is 1. The second-order valence-electron chi connectivity index (χ2n) is 9.33. The molecule has 2 heterocycles. The summed E-state index contributed by atoms with van der Waals surface area (Å²) < 4.78 is 35.4. The van der Waals surface area contributed by atoms with Crippen molar-refractivity contribution < 1.29 is 17.9 Å². The third-order valence-corrected chi connectivity index (χ3v) is 8.14. The molecule has 0 saturated carbocycles. The van der Waals surface area contributed by atoms with Crippen LogP contribution in [0.3, 0.4) is 0 Å². The van der Waals surface area contributed by atoms with Gasteiger partial charge >= 0.3 is 0 Å². The topological polar surface area (TPSA) is 110 Å². The summed E-state index contributed by atoms with van der Waals surface area (Å²) in [5, 5.41) is 3.06. The molecule has 2 atom stereocenters. The summed E-state index contributed by atoms with van der Waals surface area (Å²) in [5.74, 6) is -0.278. The van der Waals surface area contributed by atoms with Gasteiger partial charge in [0.15, 0.2) is 0 Å². The van der Waals surface area contributed by atoms with Crippen molar-refractivity contribution in [2.24, 2.45) is 0 Å². The first-order valence-corrected chi connectivity index (χ1v) is 13.4. The van der Waals surface area contributed by atoms with E-state index in [-0.39, 0.29) is 28.2 Å². The number of fused-ring (bicyclic) bond motifs is 7. The molecule has 2 unspecified atom stereocenters. The zero-order valence-corrected chi connectivity index (χ0v) is 21.0. The lowest BCUT2D eigenvalue weighted by Crippen LogP contribution is -2.37. The van der Waals surface area contributed by atoms with Gasteiger partial charge in [-0.3, -0.25) is 4.79 Å². The third-order valence-electron chi connectivity index (χ3n) is 6.81. The van der Waals surface area contributed by atoms with Crippen LogP contribution in [0, 0.1) is 13.8 Å². The molecule has 2 aliphatic rings. The average molecular weight is 513 g/mol. The maximum Gasteiger partial charge on any atom is 0.264 e. The van der Waals surface area contributed by atoms with Gasteiger partial charge in [-0.15, -0.1) is 0 Å². The molecular formula is C28H24N4O4S. The molecule has 0 spiro atoms. The molecule has 3 aromatic carbocycles. The number of aryl methyl sites for hydroxylation is 2. The summed E-state index contributed by atoms with van der Waals surface area (Å²) in [6.07, 6.45) is 0.112. The quantitative estimate of drug-likeness (QED) is 0.392. The number of aromatic nitrogens is 2. The van der Waals surface area contributed by atoms with Crippen molar-refractivity contribution in [2.45, 2.75) is 37.3 Å². The van der Waals surface area contributed by atoms with Crippen molar-refractivity contribution in [1.82, 2.24) is 15.3 Å². The maximum atomic E-state index is 13.3. The third kappa shape index (κ3) is 4.21. The van der Waals surface area contributed by atoms with E-state index >= 15 is 0 Å². The molecule has 6 rings (SSSR count). The molecular weight excluding hydrogens is 488 g/mol. The number of benzene rings is 3. The summed E-state index contributed by atoms with van der Waals surface area (Å²) in [6, 6.07) is 21.0. The molecule has 0 saturated heterocycles. The van der Waals surface area contributed by atoms with Crippen molar-refractivity contribution in [3.63, 3.8) is 0 Å². The van der Waals surface area contributed by atoms with Gasteiger partial charge in [0.1, 0.15) is 6.10 Å². The van der Waals surface area contributed by atoms with E-state index in [1.54, 1.807) is 18.2 Å². The van der Waals surface area contributed by atoms with Gasteiger partial charge in [0.2, 0.25) is 11.8 Å². The van der Waals surface area contributed by atoms with Gasteiger partial charge in [0, 0.05) is 23.6 Å². The highest BCUT2D eigenvalue weighted by Gasteiger charge is 2.36. The Morgan fingerprint density at radius 2 is 1.68 bits per heavy atom. The van der Waals surface area contributed by atoms with E-state index in [4.69, 9.17) is 4.74 Å². The molecule has 4 bridgehead atoms. The number of anilines is 1. The van der Waals surface area contributed by atoms with Crippen LogP contribution in [-0.2, 0) is 16.4 Å². The van der Waals surface area contributed by atoms with Crippen molar-refractivity contribution in [3.8, 4) is 17.1 Å². The first-order valence-electron chi connectivity index (χ1n) is 11.9. The largest absolute Gasteiger partial charge is 0.471 e. The summed E-state index contributed by atoms with van der Waals surface area (Å²) >= 11 is 0. The van der Waals surface area contributed by atoms with Crippen LogP contribution in [0.4, 0.5) is 5.95 Å². The number of sulfonamides is 1. The van der Waals surface area contributed by atoms with Crippen LogP contribution in [0.25, 0.3) is 11.3 Å². The van der Waals surface area contributed by atoms with E-state index in [0.29, 0.717) is 12.1 Å². The lowest BCUT2D eigenvalue weighted by atomic mass is 10.00. The number of hydrogen-bond acceptors (Lipinski definition) is 6. The highest BCUT2D eigenvalue weighted by Crippen LogP contribution is 2.36.